The van der Waals surface area contributed by atoms with Crippen LogP contribution < -0.4 is 10.6 Å². The van der Waals surface area contributed by atoms with E-state index >= 15 is 0 Å². The minimum absolute atomic E-state index is 0.0529. The Morgan fingerprint density at radius 2 is 2.06 bits per heavy atom. The molecule has 16 heavy (non-hydrogen) atoms. The van der Waals surface area contributed by atoms with Crippen LogP contribution in [0.2, 0.25) is 0 Å². The van der Waals surface area contributed by atoms with Crippen LogP contribution >= 0.6 is 0 Å². The second kappa shape index (κ2) is 6.76. The van der Waals surface area contributed by atoms with Gasteiger partial charge in [-0.15, -0.1) is 0 Å². The molecular weight excluding hydrogens is 204 g/mol. The molecule has 0 aliphatic rings. The lowest BCUT2D eigenvalue weighted by Crippen LogP contribution is -2.28. The Morgan fingerprint density at radius 3 is 2.69 bits per heavy atom. The van der Waals surface area contributed by atoms with Gasteiger partial charge in [0.25, 0.3) is 0 Å². The highest BCUT2D eigenvalue weighted by atomic mass is 16.1. The molecule has 0 aliphatic heterocycles. The first-order valence-electron chi connectivity index (χ1n) is 5.46. The molecule has 1 aromatic rings. The van der Waals surface area contributed by atoms with Crippen molar-refractivity contribution in [3.63, 3.8) is 0 Å². The third-order valence-electron chi connectivity index (χ3n) is 1.91. The van der Waals surface area contributed by atoms with Gasteiger partial charge in [-0.1, -0.05) is 13.8 Å². The minimum Gasteiger partial charge on any atom is -0.356 e. The number of amides is 1. The average Bonchev–Trinajstić information content (AvgIpc) is 2.28. The first kappa shape index (κ1) is 12.4. The third-order valence-corrected chi connectivity index (χ3v) is 1.91. The van der Waals surface area contributed by atoms with E-state index in [0.29, 0.717) is 24.8 Å². The fraction of sp³-hybridized carbons (Fsp3) is 0.545. The van der Waals surface area contributed by atoms with Gasteiger partial charge in [0.2, 0.25) is 11.9 Å². The second-order valence-electron chi connectivity index (χ2n) is 3.95. The van der Waals surface area contributed by atoms with Crippen molar-refractivity contribution >= 4 is 11.9 Å². The van der Waals surface area contributed by atoms with Crippen molar-refractivity contribution in [1.82, 2.24) is 15.3 Å². The molecule has 1 amide bonds. The summed E-state index contributed by atoms with van der Waals surface area (Å²) in [4.78, 5) is 19.3. The molecule has 5 nitrogen and oxygen atoms in total. The highest BCUT2D eigenvalue weighted by Gasteiger charge is 2.02. The molecule has 0 radical (unpaired) electrons. The van der Waals surface area contributed by atoms with Crippen LogP contribution in [0.4, 0.5) is 5.95 Å². The fourth-order valence-electron chi connectivity index (χ4n) is 1.08. The Balaban J connectivity index is 2.13. The molecule has 0 atom stereocenters. The predicted molar refractivity (Wildman–Crippen MR) is 63.0 cm³/mol. The molecule has 0 saturated heterocycles. The Bertz CT molecular complexity index is 313. The number of anilines is 1. The summed E-state index contributed by atoms with van der Waals surface area (Å²) in [6, 6.07) is 1.75. The van der Waals surface area contributed by atoms with Crippen LogP contribution in [0.3, 0.4) is 0 Å². The van der Waals surface area contributed by atoms with Crippen molar-refractivity contribution in [1.29, 1.82) is 0 Å². The summed E-state index contributed by atoms with van der Waals surface area (Å²) in [6.45, 7) is 5.40. The van der Waals surface area contributed by atoms with Gasteiger partial charge < -0.3 is 10.6 Å². The summed E-state index contributed by atoms with van der Waals surface area (Å²) in [7, 11) is 0. The van der Waals surface area contributed by atoms with Gasteiger partial charge in [-0.05, 0) is 12.0 Å². The van der Waals surface area contributed by atoms with E-state index in [0.717, 1.165) is 6.54 Å². The average molecular weight is 222 g/mol. The number of nitrogens with one attached hydrogen (secondary N) is 2. The zero-order valence-electron chi connectivity index (χ0n) is 9.73. The van der Waals surface area contributed by atoms with E-state index in [9.17, 15) is 4.79 Å². The molecule has 0 bridgehead atoms. The van der Waals surface area contributed by atoms with Gasteiger partial charge in [-0.2, -0.15) is 0 Å². The number of carbonyl (C=O) groups excluding carboxylic acids is 1. The standard InChI is InChI=1S/C11H18N4O/c1-9(2)8-15-10(16)4-7-14-11-12-5-3-6-13-11/h3,5-6,9H,4,7-8H2,1-2H3,(H,15,16)(H,12,13,14). The summed E-state index contributed by atoms with van der Waals surface area (Å²) >= 11 is 0. The van der Waals surface area contributed by atoms with Crippen molar-refractivity contribution in [3.8, 4) is 0 Å². The largest absolute Gasteiger partial charge is 0.356 e. The lowest BCUT2D eigenvalue weighted by Gasteiger charge is -2.07. The first-order valence-corrected chi connectivity index (χ1v) is 5.46. The maximum absolute atomic E-state index is 11.3. The molecule has 88 valence electrons. The van der Waals surface area contributed by atoms with Crippen molar-refractivity contribution in [3.05, 3.63) is 18.5 Å². The Hall–Kier alpha value is -1.65. The van der Waals surface area contributed by atoms with Gasteiger partial charge in [0.15, 0.2) is 0 Å². The van der Waals surface area contributed by atoms with Crippen LogP contribution in [-0.2, 0) is 4.79 Å². The van der Waals surface area contributed by atoms with Crippen LogP contribution in [0.15, 0.2) is 18.5 Å². The Labute approximate surface area is 95.7 Å². The zero-order chi connectivity index (χ0) is 11.8. The van der Waals surface area contributed by atoms with Gasteiger partial charge in [-0.3, -0.25) is 4.79 Å². The molecule has 1 aromatic heterocycles. The lowest BCUT2D eigenvalue weighted by molar-refractivity contribution is -0.120. The number of nitrogens with zero attached hydrogens (tertiary/aromatic N) is 2. The van der Waals surface area contributed by atoms with Crippen molar-refractivity contribution in [2.24, 2.45) is 5.92 Å². The van der Waals surface area contributed by atoms with E-state index < -0.39 is 0 Å². The van der Waals surface area contributed by atoms with E-state index in [1.54, 1.807) is 18.5 Å². The SMILES string of the molecule is CC(C)CNC(=O)CCNc1ncccn1. The molecule has 0 unspecified atom stereocenters. The Morgan fingerprint density at radius 1 is 1.38 bits per heavy atom. The molecule has 0 saturated carbocycles. The maximum atomic E-state index is 11.3. The van der Waals surface area contributed by atoms with E-state index in [4.69, 9.17) is 0 Å². The first-order chi connectivity index (χ1) is 7.68. The minimum atomic E-state index is 0.0529. The van der Waals surface area contributed by atoms with Crippen LogP contribution in [-0.4, -0.2) is 29.0 Å². The molecule has 0 aliphatic carbocycles. The van der Waals surface area contributed by atoms with E-state index in [1.807, 2.05) is 0 Å². The summed E-state index contributed by atoms with van der Waals surface area (Å²) in [5.41, 5.74) is 0. The number of carbonyl (C=O) groups is 1. The quantitative estimate of drug-likeness (QED) is 0.755. The molecule has 0 fully saturated rings. The second-order valence-corrected chi connectivity index (χ2v) is 3.95. The van der Waals surface area contributed by atoms with Crippen LogP contribution in [0.25, 0.3) is 0 Å². The number of rotatable bonds is 6. The number of aromatic nitrogens is 2. The summed E-state index contributed by atoms with van der Waals surface area (Å²) < 4.78 is 0. The van der Waals surface area contributed by atoms with Crippen LogP contribution in [0.5, 0.6) is 0 Å². The molecule has 5 heteroatoms. The van der Waals surface area contributed by atoms with E-state index in [1.165, 1.54) is 0 Å². The smallest absolute Gasteiger partial charge is 0.222 e. The van der Waals surface area contributed by atoms with Gasteiger partial charge in [0, 0.05) is 31.9 Å². The van der Waals surface area contributed by atoms with Crippen LogP contribution in [0.1, 0.15) is 20.3 Å². The molecule has 1 rings (SSSR count). The number of hydrogen-bond acceptors (Lipinski definition) is 4. The Kier molecular flexibility index (Phi) is 5.25. The van der Waals surface area contributed by atoms with Crippen molar-refractivity contribution in [2.75, 3.05) is 18.4 Å². The summed E-state index contributed by atoms with van der Waals surface area (Å²) in [5, 5.41) is 5.83. The molecular formula is C11H18N4O. The topological polar surface area (TPSA) is 66.9 Å². The lowest BCUT2D eigenvalue weighted by atomic mass is 10.2. The number of hydrogen-bond donors (Lipinski definition) is 2. The predicted octanol–water partition coefficient (Wildman–Crippen LogP) is 1.05. The van der Waals surface area contributed by atoms with E-state index in [2.05, 4.69) is 34.4 Å². The van der Waals surface area contributed by atoms with E-state index in [-0.39, 0.29) is 5.91 Å². The molecule has 0 spiro atoms. The van der Waals surface area contributed by atoms with Crippen molar-refractivity contribution in [2.45, 2.75) is 20.3 Å². The van der Waals surface area contributed by atoms with Gasteiger partial charge in [0.1, 0.15) is 0 Å². The monoisotopic (exact) mass is 222 g/mol. The molecule has 2 N–H and O–H groups in total. The highest BCUT2D eigenvalue weighted by molar-refractivity contribution is 5.76. The normalized spacial score (nSPS) is 10.2. The molecule has 0 aromatic carbocycles. The third kappa shape index (κ3) is 5.29. The van der Waals surface area contributed by atoms with Crippen molar-refractivity contribution < 1.29 is 4.79 Å². The van der Waals surface area contributed by atoms with Gasteiger partial charge in [0.05, 0.1) is 0 Å². The highest BCUT2D eigenvalue weighted by Crippen LogP contribution is 1.94. The van der Waals surface area contributed by atoms with Gasteiger partial charge >= 0.3 is 0 Å². The zero-order valence-corrected chi connectivity index (χ0v) is 9.73. The summed E-state index contributed by atoms with van der Waals surface area (Å²) in [5.74, 6) is 1.09. The maximum Gasteiger partial charge on any atom is 0.222 e. The van der Waals surface area contributed by atoms with Gasteiger partial charge in [-0.25, -0.2) is 9.97 Å². The van der Waals surface area contributed by atoms with Crippen LogP contribution in [0, 0.1) is 5.92 Å². The molecule has 1 heterocycles. The fourth-order valence-corrected chi connectivity index (χ4v) is 1.08. The summed E-state index contributed by atoms with van der Waals surface area (Å²) in [6.07, 6.45) is 3.76.